The number of benzene rings is 3. The van der Waals surface area contributed by atoms with Gasteiger partial charge in [0.05, 0.1) is 4.47 Å². The molecular formula is C22H18BrN3O3S. The molecule has 0 aromatic heterocycles. The average Bonchev–Trinajstić information content (AvgIpc) is 2.77. The third-order valence-corrected chi connectivity index (χ3v) is 4.99. The topological polar surface area (TPSA) is 79.5 Å². The van der Waals surface area contributed by atoms with Crippen LogP contribution in [0.25, 0.3) is 16.8 Å². The fourth-order valence-electron chi connectivity index (χ4n) is 2.55. The standard InChI is InChI=1S/C22H18BrN3O3S/c23-21-17-9-5-4-8-16(17)11-12-18(21)29-14-20(28)25-26-22(30)24-19(27)13-10-15-6-2-1-3-7-15/h1-13H,14H2,(H,25,28)(H2,24,26,27,30)/b13-10+. The normalized spacial score (nSPS) is 10.6. The van der Waals surface area contributed by atoms with Crippen LogP contribution in [0.1, 0.15) is 5.56 Å². The quantitative estimate of drug-likeness (QED) is 0.292. The minimum Gasteiger partial charge on any atom is -0.483 e. The summed E-state index contributed by atoms with van der Waals surface area (Å²) in [4.78, 5) is 23.9. The molecule has 0 heterocycles. The van der Waals surface area contributed by atoms with E-state index in [0.29, 0.717) is 5.75 Å². The monoisotopic (exact) mass is 483 g/mol. The second-order valence-corrected chi connectivity index (χ2v) is 7.32. The van der Waals surface area contributed by atoms with E-state index in [0.717, 1.165) is 20.8 Å². The van der Waals surface area contributed by atoms with E-state index in [1.807, 2.05) is 60.7 Å². The number of amides is 2. The highest BCUT2D eigenvalue weighted by Crippen LogP contribution is 2.32. The van der Waals surface area contributed by atoms with Crippen LogP contribution in [0, 0.1) is 0 Å². The second-order valence-electron chi connectivity index (χ2n) is 6.12. The Morgan fingerprint density at radius 2 is 1.70 bits per heavy atom. The number of hydrogen-bond donors (Lipinski definition) is 3. The molecule has 3 N–H and O–H groups in total. The first-order valence-electron chi connectivity index (χ1n) is 8.96. The van der Waals surface area contributed by atoms with Crippen molar-refractivity contribution in [2.24, 2.45) is 0 Å². The third kappa shape index (κ3) is 6.13. The summed E-state index contributed by atoms with van der Waals surface area (Å²) in [7, 11) is 0. The Labute approximate surface area is 187 Å². The Morgan fingerprint density at radius 1 is 0.967 bits per heavy atom. The van der Waals surface area contributed by atoms with Crippen LogP contribution >= 0.6 is 28.1 Å². The van der Waals surface area contributed by atoms with Gasteiger partial charge in [-0.2, -0.15) is 0 Å². The van der Waals surface area contributed by atoms with Gasteiger partial charge in [-0.3, -0.25) is 25.8 Å². The molecule has 0 spiro atoms. The molecule has 3 rings (SSSR count). The molecular weight excluding hydrogens is 466 g/mol. The Balaban J connectivity index is 1.43. The highest BCUT2D eigenvalue weighted by molar-refractivity contribution is 9.10. The number of halogens is 1. The third-order valence-electron chi connectivity index (χ3n) is 3.97. The zero-order valence-corrected chi connectivity index (χ0v) is 18.1. The molecule has 0 aliphatic carbocycles. The predicted octanol–water partition coefficient (Wildman–Crippen LogP) is 3.72. The average molecular weight is 484 g/mol. The summed E-state index contributed by atoms with van der Waals surface area (Å²) in [6, 6.07) is 20.9. The van der Waals surface area contributed by atoms with Gasteiger partial charge in [0.2, 0.25) is 5.91 Å². The van der Waals surface area contributed by atoms with Crippen molar-refractivity contribution in [3.63, 3.8) is 0 Å². The van der Waals surface area contributed by atoms with Gasteiger partial charge in [0, 0.05) is 6.08 Å². The largest absolute Gasteiger partial charge is 0.483 e. The first-order valence-corrected chi connectivity index (χ1v) is 10.2. The van der Waals surface area contributed by atoms with E-state index in [1.54, 1.807) is 12.1 Å². The van der Waals surface area contributed by atoms with E-state index >= 15 is 0 Å². The number of carbonyl (C=O) groups is 2. The van der Waals surface area contributed by atoms with E-state index in [-0.39, 0.29) is 11.7 Å². The summed E-state index contributed by atoms with van der Waals surface area (Å²) in [5, 5.41) is 4.46. The van der Waals surface area contributed by atoms with E-state index in [4.69, 9.17) is 17.0 Å². The van der Waals surface area contributed by atoms with E-state index < -0.39 is 11.8 Å². The minimum absolute atomic E-state index is 0.0297. The van der Waals surface area contributed by atoms with E-state index in [2.05, 4.69) is 32.1 Å². The molecule has 2 amide bonds. The van der Waals surface area contributed by atoms with Gasteiger partial charge in [0.15, 0.2) is 11.7 Å². The molecule has 3 aromatic carbocycles. The van der Waals surface area contributed by atoms with Gasteiger partial charge in [-0.25, -0.2) is 0 Å². The molecule has 0 saturated heterocycles. The molecule has 30 heavy (non-hydrogen) atoms. The summed E-state index contributed by atoms with van der Waals surface area (Å²) in [6.07, 6.45) is 3.01. The minimum atomic E-state index is -0.452. The maximum absolute atomic E-state index is 12.0. The molecule has 0 atom stereocenters. The molecule has 0 unspecified atom stereocenters. The van der Waals surface area contributed by atoms with Crippen molar-refractivity contribution in [2.75, 3.05) is 6.61 Å². The summed E-state index contributed by atoms with van der Waals surface area (Å²) in [6.45, 7) is -0.228. The predicted molar refractivity (Wildman–Crippen MR) is 125 cm³/mol. The summed E-state index contributed by atoms with van der Waals surface area (Å²) in [5.41, 5.74) is 5.73. The smallest absolute Gasteiger partial charge is 0.276 e. The molecule has 0 saturated carbocycles. The fourth-order valence-corrected chi connectivity index (χ4v) is 3.31. The van der Waals surface area contributed by atoms with Crippen LogP contribution < -0.4 is 20.9 Å². The molecule has 0 bridgehead atoms. The highest BCUT2D eigenvalue weighted by Gasteiger charge is 2.09. The number of rotatable bonds is 5. The van der Waals surface area contributed by atoms with Gasteiger partial charge in [0.1, 0.15) is 5.75 Å². The number of thiocarbonyl (C=S) groups is 1. The molecule has 6 nitrogen and oxygen atoms in total. The van der Waals surface area contributed by atoms with Gasteiger partial charge < -0.3 is 4.74 Å². The molecule has 3 aromatic rings. The molecule has 0 fully saturated rings. The van der Waals surface area contributed by atoms with Gasteiger partial charge >= 0.3 is 0 Å². The number of nitrogens with one attached hydrogen (secondary N) is 3. The summed E-state index contributed by atoms with van der Waals surface area (Å²) < 4.78 is 6.34. The first kappa shape index (κ1) is 21.5. The molecule has 152 valence electrons. The Morgan fingerprint density at radius 3 is 2.50 bits per heavy atom. The maximum atomic E-state index is 12.0. The number of hydrazine groups is 1. The van der Waals surface area contributed by atoms with Gasteiger partial charge in [0.25, 0.3) is 5.91 Å². The lowest BCUT2D eigenvalue weighted by atomic mass is 10.1. The van der Waals surface area contributed by atoms with Crippen molar-refractivity contribution in [2.45, 2.75) is 0 Å². The van der Waals surface area contributed by atoms with Crippen LogP contribution in [-0.4, -0.2) is 23.5 Å². The van der Waals surface area contributed by atoms with Gasteiger partial charge in [-0.15, -0.1) is 0 Å². The lowest BCUT2D eigenvalue weighted by molar-refractivity contribution is -0.123. The molecule has 0 radical (unpaired) electrons. The number of hydrogen-bond acceptors (Lipinski definition) is 4. The van der Waals surface area contributed by atoms with Crippen molar-refractivity contribution in [3.8, 4) is 5.75 Å². The SMILES string of the molecule is O=C(/C=C/c1ccccc1)NC(=S)NNC(=O)COc1ccc2ccccc2c1Br. The summed E-state index contributed by atoms with van der Waals surface area (Å²) >= 11 is 8.50. The zero-order chi connectivity index (χ0) is 21.3. The maximum Gasteiger partial charge on any atom is 0.276 e. The fraction of sp³-hybridized carbons (Fsp3) is 0.0455. The zero-order valence-electron chi connectivity index (χ0n) is 15.7. The van der Waals surface area contributed by atoms with Crippen molar-refractivity contribution < 1.29 is 14.3 Å². The molecule has 0 aliphatic heterocycles. The molecule has 0 aliphatic rings. The Bertz CT molecular complexity index is 1100. The van der Waals surface area contributed by atoms with Crippen LogP contribution in [0.3, 0.4) is 0 Å². The highest BCUT2D eigenvalue weighted by atomic mass is 79.9. The van der Waals surface area contributed by atoms with Crippen molar-refractivity contribution in [3.05, 3.63) is 82.8 Å². The second kappa shape index (κ2) is 10.5. The molecule has 8 heteroatoms. The number of fused-ring (bicyclic) bond motifs is 1. The Kier molecular flexibility index (Phi) is 7.53. The van der Waals surface area contributed by atoms with Crippen LogP contribution in [0.2, 0.25) is 0 Å². The van der Waals surface area contributed by atoms with Crippen LogP contribution in [-0.2, 0) is 9.59 Å². The van der Waals surface area contributed by atoms with Crippen LogP contribution in [0.4, 0.5) is 0 Å². The summed E-state index contributed by atoms with van der Waals surface area (Å²) in [5.74, 6) is -0.320. The number of ether oxygens (including phenoxy) is 1. The van der Waals surface area contributed by atoms with Crippen molar-refractivity contribution in [1.29, 1.82) is 0 Å². The first-order chi connectivity index (χ1) is 14.5. The Hall–Kier alpha value is -3.23. The van der Waals surface area contributed by atoms with Crippen molar-refractivity contribution in [1.82, 2.24) is 16.2 Å². The van der Waals surface area contributed by atoms with Crippen LogP contribution in [0.15, 0.2) is 77.3 Å². The lowest BCUT2D eigenvalue weighted by Crippen LogP contribution is -2.49. The van der Waals surface area contributed by atoms with Crippen molar-refractivity contribution >= 4 is 61.9 Å². The van der Waals surface area contributed by atoms with Gasteiger partial charge in [-0.05, 0) is 56.6 Å². The van der Waals surface area contributed by atoms with Gasteiger partial charge in [-0.1, -0.05) is 60.7 Å². The number of carbonyl (C=O) groups excluding carboxylic acids is 2. The lowest BCUT2D eigenvalue weighted by Gasteiger charge is -2.12. The van der Waals surface area contributed by atoms with E-state index in [9.17, 15) is 9.59 Å². The van der Waals surface area contributed by atoms with Crippen LogP contribution in [0.5, 0.6) is 5.75 Å². The van der Waals surface area contributed by atoms with E-state index in [1.165, 1.54) is 6.08 Å².